The number of nitrogens with one attached hydrogen (secondary N) is 1. The van der Waals surface area contributed by atoms with Gasteiger partial charge in [0.15, 0.2) is 0 Å². The number of hydrogen-bond donors (Lipinski definition) is 3. The van der Waals surface area contributed by atoms with Gasteiger partial charge < -0.3 is 15.4 Å². The van der Waals surface area contributed by atoms with E-state index in [9.17, 15) is 14.4 Å². The van der Waals surface area contributed by atoms with Crippen LogP contribution in [0.25, 0.3) is 0 Å². The highest BCUT2D eigenvalue weighted by Gasteiger charge is 2.15. The molecule has 7 nitrogen and oxygen atoms in total. The molecule has 2 amide bonds. The lowest BCUT2D eigenvalue weighted by Crippen LogP contribution is -2.35. The number of carbonyl (C=O) groups is 3. The average Bonchev–Trinajstić information content (AvgIpc) is 2.75. The maximum atomic E-state index is 11.7. The standard InChI is InChI=1S/C11H15N3O4S/c1-14-4-2-3-8(14)10(16)13-9(15)6-19-5-7(12)11(17)18/h2-4,7H,5-6,12H2,1H3,(H,17,18)(H,13,15,16). The number of thioether (sulfide) groups is 1. The maximum Gasteiger partial charge on any atom is 0.321 e. The lowest BCUT2D eigenvalue weighted by molar-refractivity contribution is -0.138. The Hall–Kier alpha value is -1.80. The highest BCUT2D eigenvalue weighted by Crippen LogP contribution is 2.03. The first-order chi connectivity index (χ1) is 8.91. The Morgan fingerprint density at radius 1 is 1.53 bits per heavy atom. The number of amides is 2. The minimum Gasteiger partial charge on any atom is -0.480 e. The predicted molar refractivity (Wildman–Crippen MR) is 70.8 cm³/mol. The summed E-state index contributed by atoms with van der Waals surface area (Å²) in [6.45, 7) is 0. The van der Waals surface area contributed by atoms with Gasteiger partial charge in [-0.2, -0.15) is 0 Å². The van der Waals surface area contributed by atoms with Crippen LogP contribution in [0.3, 0.4) is 0 Å². The monoisotopic (exact) mass is 285 g/mol. The van der Waals surface area contributed by atoms with Crippen molar-refractivity contribution in [2.45, 2.75) is 6.04 Å². The number of aryl methyl sites for hydroxylation is 1. The minimum atomic E-state index is -1.12. The molecule has 0 aliphatic carbocycles. The molecule has 0 saturated carbocycles. The highest BCUT2D eigenvalue weighted by atomic mass is 32.2. The molecule has 8 heteroatoms. The predicted octanol–water partition coefficient (Wildman–Crippen LogP) is -0.573. The van der Waals surface area contributed by atoms with Crippen molar-refractivity contribution in [2.75, 3.05) is 11.5 Å². The van der Waals surface area contributed by atoms with E-state index in [-0.39, 0.29) is 11.5 Å². The summed E-state index contributed by atoms with van der Waals surface area (Å²) in [4.78, 5) is 33.6. The van der Waals surface area contributed by atoms with Gasteiger partial charge >= 0.3 is 5.97 Å². The number of nitrogens with two attached hydrogens (primary N) is 1. The molecule has 0 radical (unpaired) electrons. The zero-order valence-corrected chi connectivity index (χ0v) is 11.1. The molecule has 0 aliphatic heterocycles. The van der Waals surface area contributed by atoms with Crippen molar-refractivity contribution in [1.82, 2.24) is 9.88 Å². The molecule has 0 spiro atoms. The van der Waals surface area contributed by atoms with Crippen molar-refractivity contribution >= 4 is 29.5 Å². The van der Waals surface area contributed by atoms with Gasteiger partial charge in [-0.15, -0.1) is 11.8 Å². The first-order valence-corrected chi connectivity index (χ1v) is 6.59. The Balaban J connectivity index is 2.34. The van der Waals surface area contributed by atoms with Gasteiger partial charge in [0.2, 0.25) is 5.91 Å². The van der Waals surface area contributed by atoms with E-state index in [1.807, 2.05) is 0 Å². The third-order valence-electron chi connectivity index (χ3n) is 2.28. The number of hydrogen-bond acceptors (Lipinski definition) is 5. The summed E-state index contributed by atoms with van der Waals surface area (Å²) >= 11 is 1.06. The summed E-state index contributed by atoms with van der Waals surface area (Å²) in [5, 5.41) is 10.8. The van der Waals surface area contributed by atoms with Crippen molar-refractivity contribution in [3.05, 3.63) is 24.0 Å². The van der Waals surface area contributed by atoms with Crippen LogP contribution < -0.4 is 11.1 Å². The molecular weight excluding hydrogens is 270 g/mol. The molecule has 0 fully saturated rings. The topological polar surface area (TPSA) is 114 Å². The number of nitrogens with zero attached hydrogens (tertiary/aromatic N) is 1. The number of aromatic nitrogens is 1. The van der Waals surface area contributed by atoms with Crippen molar-refractivity contribution in [2.24, 2.45) is 12.8 Å². The quantitative estimate of drug-likeness (QED) is 0.644. The summed E-state index contributed by atoms with van der Waals surface area (Å²) in [5.41, 5.74) is 5.65. The molecule has 1 aromatic heterocycles. The second-order valence-corrected chi connectivity index (χ2v) is 4.87. The Morgan fingerprint density at radius 3 is 2.74 bits per heavy atom. The van der Waals surface area contributed by atoms with E-state index >= 15 is 0 Å². The van der Waals surface area contributed by atoms with Gasteiger partial charge in [0.1, 0.15) is 11.7 Å². The fourth-order valence-electron chi connectivity index (χ4n) is 1.27. The average molecular weight is 285 g/mol. The van der Waals surface area contributed by atoms with Crippen LogP contribution in [0, 0.1) is 0 Å². The van der Waals surface area contributed by atoms with Crippen LogP contribution in [0.5, 0.6) is 0 Å². The molecule has 1 aromatic rings. The Kier molecular flexibility index (Phi) is 5.58. The molecule has 1 atom stereocenters. The lowest BCUT2D eigenvalue weighted by atomic mass is 10.4. The molecule has 1 heterocycles. The number of aliphatic carboxylic acids is 1. The Morgan fingerprint density at radius 2 is 2.21 bits per heavy atom. The van der Waals surface area contributed by atoms with Crippen molar-refractivity contribution < 1.29 is 19.5 Å². The first kappa shape index (κ1) is 15.3. The van der Waals surface area contributed by atoms with Crippen LogP contribution in [0.2, 0.25) is 0 Å². The van der Waals surface area contributed by atoms with Crippen LogP contribution in [0.15, 0.2) is 18.3 Å². The number of carboxylic acids is 1. The normalized spacial score (nSPS) is 11.9. The van der Waals surface area contributed by atoms with E-state index in [1.54, 1.807) is 29.9 Å². The number of imide groups is 1. The largest absolute Gasteiger partial charge is 0.480 e. The number of carboxylic acid groups (broad SMARTS) is 1. The van der Waals surface area contributed by atoms with E-state index in [1.165, 1.54) is 0 Å². The van der Waals surface area contributed by atoms with Crippen LogP contribution in [0.1, 0.15) is 10.5 Å². The molecule has 0 aromatic carbocycles. The van der Waals surface area contributed by atoms with E-state index in [0.717, 1.165) is 11.8 Å². The van der Waals surface area contributed by atoms with Crippen molar-refractivity contribution in [1.29, 1.82) is 0 Å². The van der Waals surface area contributed by atoms with Crippen LogP contribution in [-0.4, -0.2) is 45.0 Å². The molecule has 0 aliphatic rings. The molecule has 1 unspecified atom stereocenters. The highest BCUT2D eigenvalue weighted by molar-refractivity contribution is 8.00. The molecule has 4 N–H and O–H groups in total. The first-order valence-electron chi connectivity index (χ1n) is 5.43. The van der Waals surface area contributed by atoms with Crippen molar-refractivity contribution in [3.63, 3.8) is 0 Å². The van der Waals surface area contributed by atoms with Crippen LogP contribution >= 0.6 is 11.8 Å². The maximum absolute atomic E-state index is 11.7. The number of rotatable bonds is 6. The minimum absolute atomic E-state index is 0.0167. The van der Waals surface area contributed by atoms with Gasteiger partial charge in [0.05, 0.1) is 5.75 Å². The second-order valence-electron chi connectivity index (χ2n) is 3.84. The molecule has 0 bridgehead atoms. The molecular formula is C11H15N3O4S. The van der Waals surface area contributed by atoms with Gasteiger partial charge in [-0.05, 0) is 12.1 Å². The SMILES string of the molecule is Cn1cccc1C(=O)NC(=O)CSCC(N)C(=O)O. The Bertz CT molecular complexity index is 486. The van der Waals surface area contributed by atoms with E-state index in [2.05, 4.69) is 5.32 Å². The fraction of sp³-hybridized carbons (Fsp3) is 0.364. The lowest BCUT2D eigenvalue weighted by Gasteiger charge is -2.07. The van der Waals surface area contributed by atoms with Gasteiger partial charge in [-0.1, -0.05) is 0 Å². The summed E-state index contributed by atoms with van der Waals surface area (Å²) in [5.74, 6) is -1.99. The van der Waals surface area contributed by atoms with Crippen molar-refractivity contribution in [3.8, 4) is 0 Å². The summed E-state index contributed by atoms with van der Waals surface area (Å²) in [6, 6.07) is 2.28. The zero-order valence-electron chi connectivity index (χ0n) is 10.3. The summed E-state index contributed by atoms with van der Waals surface area (Å²) in [6.07, 6.45) is 1.69. The van der Waals surface area contributed by atoms with Gasteiger partial charge in [-0.25, -0.2) is 0 Å². The van der Waals surface area contributed by atoms with Gasteiger partial charge in [0.25, 0.3) is 5.91 Å². The van der Waals surface area contributed by atoms with Gasteiger partial charge in [-0.3, -0.25) is 19.7 Å². The molecule has 104 valence electrons. The van der Waals surface area contributed by atoms with E-state index in [0.29, 0.717) is 5.69 Å². The third-order valence-corrected chi connectivity index (χ3v) is 3.34. The van der Waals surface area contributed by atoms with E-state index < -0.39 is 23.8 Å². The van der Waals surface area contributed by atoms with E-state index in [4.69, 9.17) is 10.8 Å². The molecule has 19 heavy (non-hydrogen) atoms. The van der Waals surface area contributed by atoms with Crippen LogP contribution in [0.4, 0.5) is 0 Å². The zero-order chi connectivity index (χ0) is 14.4. The third kappa shape index (κ3) is 4.76. The summed E-state index contributed by atoms with van der Waals surface area (Å²) < 4.78 is 1.59. The molecule has 0 saturated heterocycles. The fourth-order valence-corrected chi connectivity index (χ4v) is 2.05. The molecule has 1 rings (SSSR count). The number of carbonyl (C=O) groups excluding carboxylic acids is 2. The summed E-state index contributed by atoms with van der Waals surface area (Å²) in [7, 11) is 1.69. The van der Waals surface area contributed by atoms with Gasteiger partial charge in [0, 0.05) is 19.0 Å². The van der Waals surface area contributed by atoms with Crippen LogP contribution in [-0.2, 0) is 16.6 Å². The second kappa shape index (κ2) is 6.95. The Labute approximate surface area is 114 Å². The smallest absolute Gasteiger partial charge is 0.321 e.